The molecule has 0 amide bonds. The summed E-state index contributed by atoms with van der Waals surface area (Å²) < 4.78 is 38.7. The van der Waals surface area contributed by atoms with Crippen molar-refractivity contribution in [3.05, 3.63) is 35.4 Å². The third-order valence-corrected chi connectivity index (χ3v) is 5.41. The molecule has 1 saturated heterocycles. The smallest absolute Gasteiger partial charge is 0.388 e. The van der Waals surface area contributed by atoms with Crippen LogP contribution in [-0.2, 0) is 17.6 Å². The Morgan fingerprint density at radius 2 is 1.88 bits per heavy atom. The van der Waals surface area contributed by atoms with E-state index in [1.165, 1.54) is 0 Å². The third kappa shape index (κ3) is 3.94. The fourth-order valence-electron chi connectivity index (χ4n) is 3.49. The van der Waals surface area contributed by atoms with E-state index in [2.05, 4.69) is 32.9 Å². The van der Waals surface area contributed by atoms with Crippen LogP contribution < -0.4 is 0 Å². The zero-order valence-electron chi connectivity index (χ0n) is 13.4. The van der Waals surface area contributed by atoms with Crippen molar-refractivity contribution in [3.63, 3.8) is 0 Å². The monoisotopic (exact) mass is 404 g/mol. The highest BCUT2D eigenvalue weighted by Gasteiger charge is 2.42. The number of hydrogen-bond donors (Lipinski definition) is 0. The van der Waals surface area contributed by atoms with Gasteiger partial charge in [-0.05, 0) is 66.5 Å². The molecule has 0 unspecified atom stereocenters. The van der Waals surface area contributed by atoms with Gasteiger partial charge in [-0.15, -0.1) is 0 Å². The van der Waals surface area contributed by atoms with Crippen LogP contribution in [0.5, 0.6) is 0 Å². The highest BCUT2D eigenvalue weighted by Crippen LogP contribution is 2.38. The largest absolute Gasteiger partial charge is 0.416 e. The first-order chi connectivity index (χ1) is 11.3. The summed E-state index contributed by atoms with van der Waals surface area (Å²) in [6, 6.07) is 5.46. The lowest BCUT2D eigenvalue weighted by Gasteiger charge is -2.38. The van der Waals surface area contributed by atoms with Gasteiger partial charge in [-0.25, -0.2) is 0 Å². The van der Waals surface area contributed by atoms with E-state index in [1.54, 1.807) is 12.1 Å². The normalized spacial score (nSPS) is 26.3. The van der Waals surface area contributed by atoms with Gasteiger partial charge in [-0.3, -0.25) is 4.90 Å². The van der Waals surface area contributed by atoms with Crippen LogP contribution in [0.15, 0.2) is 29.4 Å². The Bertz CT molecular complexity index is 609. The van der Waals surface area contributed by atoms with Gasteiger partial charge in [0.1, 0.15) is 10.2 Å². The Balaban J connectivity index is 1.52. The predicted molar refractivity (Wildman–Crippen MR) is 89.9 cm³/mol. The van der Waals surface area contributed by atoms with Crippen LogP contribution >= 0.6 is 15.9 Å². The third-order valence-electron chi connectivity index (χ3n) is 4.99. The topological polar surface area (TPSA) is 24.8 Å². The summed E-state index contributed by atoms with van der Waals surface area (Å²) in [5.74, 6) is 0.445. The van der Waals surface area contributed by atoms with Crippen molar-refractivity contribution >= 4 is 20.6 Å². The van der Waals surface area contributed by atoms with Gasteiger partial charge in [0.2, 0.25) is 0 Å². The number of hydrogen-bond acceptors (Lipinski definition) is 3. The van der Waals surface area contributed by atoms with Crippen molar-refractivity contribution in [1.29, 1.82) is 0 Å². The van der Waals surface area contributed by atoms with Crippen LogP contribution in [-0.4, -0.2) is 28.2 Å². The summed E-state index contributed by atoms with van der Waals surface area (Å²) in [4.78, 5) is 7.89. The molecule has 0 radical (unpaired) electrons. The predicted octanol–water partition coefficient (Wildman–Crippen LogP) is 4.80. The maximum atomic E-state index is 12.6. The molecule has 1 fully saturated rings. The van der Waals surface area contributed by atoms with E-state index >= 15 is 0 Å². The molecule has 24 heavy (non-hydrogen) atoms. The van der Waals surface area contributed by atoms with Gasteiger partial charge in [0.25, 0.3) is 0 Å². The Labute approximate surface area is 148 Å². The molecular weight excluding hydrogens is 385 g/mol. The minimum Gasteiger partial charge on any atom is -0.388 e. The molecule has 1 aromatic carbocycles. The molecule has 3 nitrogen and oxygen atoms in total. The van der Waals surface area contributed by atoms with E-state index in [4.69, 9.17) is 4.84 Å². The number of benzene rings is 1. The van der Waals surface area contributed by atoms with Crippen molar-refractivity contribution < 1.29 is 18.0 Å². The molecule has 7 heteroatoms. The Morgan fingerprint density at radius 1 is 1.25 bits per heavy atom. The zero-order chi connectivity index (χ0) is 17.4. The van der Waals surface area contributed by atoms with E-state index in [9.17, 15) is 13.2 Å². The minimum atomic E-state index is -4.27. The lowest BCUT2D eigenvalue weighted by molar-refractivity contribution is -0.137. The summed E-state index contributed by atoms with van der Waals surface area (Å²) in [6.45, 7) is 4.62. The first-order valence-corrected chi connectivity index (χ1v) is 8.85. The van der Waals surface area contributed by atoms with Crippen LogP contribution in [0, 0.1) is 5.92 Å². The number of likely N-dealkylation sites (tertiary alicyclic amines) is 1. The Kier molecular flexibility index (Phi) is 4.93. The molecule has 1 aromatic rings. The number of oxime groups is 1. The van der Waals surface area contributed by atoms with Crippen molar-refractivity contribution in [2.75, 3.05) is 13.1 Å². The van der Waals surface area contributed by atoms with Crippen molar-refractivity contribution in [2.45, 2.75) is 44.5 Å². The van der Waals surface area contributed by atoms with Crippen LogP contribution in [0.1, 0.15) is 37.3 Å². The molecule has 0 aromatic heterocycles. The summed E-state index contributed by atoms with van der Waals surface area (Å²) in [7, 11) is 0. The summed E-state index contributed by atoms with van der Waals surface area (Å²) >= 11 is 3.39. The molecule has 0 bridgehead atoms. The highest BCUT2D eigenvalue weighted by molar-refractivity contribution is 9.18. The summed E-state index contributed by atoms with van der Waals surface area (Å²) in [5.41, 5.74) is 0.0805. The Morgan fingerprint density at radius 3 is 2.38 bits per heavy atom. The fraction of sp³-hybridized carbons (Fsp3) is 0.588. The molecule has 2 aliphatic heterocycles. The van der Waals surface area contributed by atoms with Gasteiger partial charge in [0.15, 0.2) is 0 Å². The van der Waals surface area contributed by atoms with E-state index in [0.29, 0.717) is 12.5 Å². The molecule has 132 valence electrons. The Hall–Kier alpha value is -1.08. The van der Waals surface area contributed by atoms with E-state index in [-0.39, 0.29) is 5.60 Å². The van der Waals surface area contributed by atoms with Crippen LogP contribution in [0.4, 0.5) is 13.2 Å². The van der Waals surface area contributed by atoms with Crippen molar-refractivity contribution in [3.8, 4) is 0 Å². The molecule has 2 aliphatic rings. The van der Waals surface area contributed by atoms with Gasteiger partial charge in [-0.1, -0.05) is 17.3 Å². The number of halogens is 4. The fourth-order valence-corrected chi connectivity index (χ4v) is 4.12. The molecule has 0 aliphatic carbocycles. The number of nitrogens with zero attached hydrogens (tertiary/aromatic N) is 2. The van der Waals surface area contributed by atoms with Crippen LogP contribution in [0.3, 0.4) is 0 Å². The standard InChI is InChI=1S/C17H20BrF3N2O/c1-16(10-15(18)22-24-16)13-6-8-23(9-7-13)11-12-2-4-14(5-3-12)17(19,20)21/h2-5,13H,6-11H2,1H3/t16-/m1/s1. The van der Waals surface area contributed by atoms with Gasteiger partial charge in [0.05, 0.1) is 5.56 Å². The first kappa shape index (κ1) is 17.7. The average Bonchev–Trinajstić information content (AvgIpc) is 2.88. The molecular formula is C17H20BrF3N2O. The van der Waals surface area contributed by atoms with Crippen LogP contribution in [0.2, 0.25) is 0 Å². The first-order valence-electron chi connectivity index (χ1n) is 8.05. The van der Waals surface area contributed by atoms with E-state index < -0.39 is 11.7 Å². The van der Waals surface area contributed by atoms with E-state index in [0.717, 1.165) is 54.7 Å². The molecule has 2 heterocycles. The van der Waals surface area contributed by atoms with Crippen LogP contribution in [0.25, 0.3) is 0 Å². The minimum absolute atomic E-state index is 0.237. The maximum absolute atomic E-state index is 12.6. The van der Waals surface area contributed by atoms with Gasteiger partial charge >= 0.3 is 6.18 Å². The lowest BCUT2D eigenvalue weighted by atomic mass is 9.80. The second kappa shape index (κ2) is 6.67. The lowest BCUT2D eigenvalue weighted by Crippen LogP contribution is -2.43. The summed E-state index contributed by atoms with van der Waals surface area (Å²) in [5, 5.41) is 4.01. The van der Waals surface area contributed by atoms with Crippen molar-refractivity contribution in [2.24, 2.45) is 11.1 Å². The maximum Gasteiger partial charge on any atom is 0.416 e. The quantitative estimate of drug-likeness (QED) is 0.722. The molecule has 1 atom stereocenters. The number of piperidine rings is 1. The number of rotatable bonds is 3. The summed E-state index contributed by atoms with van der Waals surface area (Å²) in [6.07, 6.45) is -1.46. The van der Waals surface area contributed by atoms with Gasteiger partial charge in [0, 0.05) is 18.9 Å². The van der Waals surface area contributed by atoms with E-state index in [1.807, 2.05) is 0 Å². The number of alkyl halides is 3. The molecule has 0 N–H and O–H groups in total. The average molecular weight is 405 g/mol. The highest BCUT2D eigenvalue weighted by atomic mass is 79.9. The molecule has 3 rings (SSSR count). The van der Waals surface area contributed by atoms with Gasteiger partial charge < -0.3 is 4.84 Å². The SMILES string of the molecule is C[C@]1(C2CCN(Cc3ccc(C(F)(F)F)cc3)CC2)CC(Br)=NO1. The second-order valence-corrected chi connectivity index (χ2v) is 7.71. The molecule has 0 saturated carbocycles. The second-order valence-electron chi connectivity index (χ2n) is 6.79. The zero-order valence-corrected chi connectivity index (χ0v) is 15.0. The van der Waals surface area contributed by atoms with Crippen molar-refractivity contribution in [1.82, 2.24) is 4.90 Å². The van der Waals surface area contributed by atoms with Gasteiger partial charge in [-0.2, -0.15) is 13.2 Å². The molecule has 0 spiro atoms.